The molecule has 0 aliphatic heterocycles. The number of phosphoric acid groups is 1. The van der Waals surface area contributed by atoms with Crippen molar-refractivity contribution >= 4 is 36.9 Å². The van der Waals surface area contributed by atoms with E-state index < -0.39 is 30.5 Å². The fourth-order valence-corrected chi connectivity index (χ4v) is 6.52. The first-order chi connectivity index (χ1) is 8.69. The van der Waals surface area contributed by atoms with Crippen LogP contribution in [0.15, 0.2) is 11.8 Å². The fraction of sp³-hybridized carbons (Fsp3) is 0.714. The number of rotatable bonds is 10. The number of hydrogen-bond acceptors (Lipinski definition) is 8. The van der Waals surface area contributed by atoms with E-state index >= 15 is 0 Å². The second-order valence-electron chi connectivity index (χ2n) is 3.05. The number of phosphoric ester groups is 1. The maximum absolute atomic E-state index is 12.1. The van der Waals surface area contributed by atoms with Gasteiger partial charge < -0.3 is 0 Å². The quantitative estimate of drug-likeness (QED) is 0.348. The summed E-state index contributed by atoms with van der Waals surface area (Å²) in [6.45, 7) is 6.18. The zero-order valence-electron chi connectivity index (χ0n) is 10.4. The van der Waals surface area contributed by atoms with Gasteiger partial charge in [-0.3, -0.25) is 0 Å². The third-order valence-corrected chi connectivity index (χ3v) is 7.94. The Hall–Kier alpha value is 0.280. The molecule has 1 unspecified atom stereocenters. The minimum absolute atomic E-state index is 0.0147. The molecule has 12 heteroatoms. The molecule has 0 spiro atoms. The van der Waals surface area contributed by atoms with Crippen LogP contribution in [0.5, 0.6) is 0 Å². The van der Waals surface area contributed by atoms with E-state index in [4.69, 9.17) is 20.6 Å². The molecule has 0 aromatic rings. The molecule has 1 atom stereocenters. The summed E-state index contributed by atoms with van der Waals surface area (Å²) in [5, 5.41) is -0.619. The Kier molecular flexibility index (Phi) is 8.67. The molecule has 0 saturated heterocycles. The van der Waals surface area contributed by atoms with Gasteiger partial charge in [0.05, 0.1) is 0 Å². The second kappa shape index (κ2) is 8.54. The Labute approximate surface area is 118 Å². The van der Waals surface area contributed by atoms with Crippen LogP contribution < -0.4 is 0 Å². The third-order valence-electron chi connectivity index (χ3n) is 1.45. The Morgan fingerprint density at radius 3 is 2.37 bits per heavy atom. The van der Waals surface area contributed by atoms with Crippen LogP contribution in [-0.2, 0) is 32.8 Å². The summed E-state index contributed by atoms with van der Waals surface area (Å²) in [7, 11) is -12.8. The molecule has 0 saturated carbocycles. The topological polar surface area (TPSA) is 108 Å². The fourth-order valence-electron chi connectivity index (χ4n) is 0.830. The average molecular weight is 359 g/mol. The minimum atomic E-state index is -4.90. The molecular formula is C7H17ClO8P2S. The Morgan fingerprint density at radius 2 is 2.00 bits per heavy atom. The van der Waals surface area contributed by atoms with E-state index in [0.717, 1.165) is 0 Å². The van der Waals surface area contributed by atoms with Crippen LogP contribution in [0.4, 0.5) is 0 Å². The van der Waals surface area contributed by atoms with Crippen molar-refractivity contribution in [3.05, 3.63) is 11.8 Å². The van der Waals surface area contributed by atoms with Gasteiger partial charge in [-0.15, -0.1) is 0 Å². The van der Waals surface area contributed by atoms with Crippen LogP contribution in [0.1, 0.15) is 20.3 Å². The van der Waals surface area contributed by atoms with E-state index in [2.05, 4.69) is 15.4 Å². The van der Waals surface area contributed by atoms with Gasteiger partial charge in [0.25, 0.3) is 0 Å². The summed E-state index contributed by atoms with van der Waals surface area (Å²) < 4.78 is 52.6. The Morgan fingerprint density at radius 1 is 1.42 bits per heavy atom. The van der Waals surface area contributed by atoms with Crippen molar-refractivity contribution in [3.63, 3.8) is 0 Å². The summed E-state index contributed by atoms with van der Waals surface area (Å²) in [5.41, 5.74) is 0. The molecule has 116 valence electrons. The molecule has 0 aromatic carbocycles. The molecule has 0 aliphatic carbocycles. The maximum atomic E-state index is 12.1. The van der Waals surface area contributed by atoms with Gasteiger partial charge in [0.2, 0.25) is 0 Å². The van der Waals surface area contributed by atoms with Crippen molar-refractivity contribution in [1.82, 2.24) is 0 Å². The number of halogens is 1. The summed E-state index contributed by atoms with van der Waals surface area (Å²) in [5.74, 6) is 0. The van der Waals surface area contributed by atoms with Gasteiger partial charge in [-0.1, -0.05) is 0 Å². The van der Waals surface area contributed by atoms with E-state index in [1.165, 1.54) is 6.92 Å². The first-order valence-electron chi connectivity index (χ1n) is 5.19. The molecule has 0 amide bonds. The molecule has 0 radical (unpaired) electrons. The van der Waals surface area contributed by atoms with Crippen molar-refractivity contribution in [1.29, 1.82) is 0 Å². The van der Waals surface area contributed by atoms with Gasteiger partial charge in [-0.2, -0.15) is 0 Å². The summed E-state index contributed by atoms with van der Waals surface area (Å²) in [6, 6.07) is 0. The van der Waals surface area contributed by atoms with Crippen molar-refractivity contribution in [2.45, 2.75) is 20.3 Å². The van der Waals surface area contributed by atoms with Gasteiger partial charge in [-0.25, -0.2) is 0 Å². The molecule has 8 nitrogen and oxygen atoms in total. The number of hydrogen-bond donors (Lipinski definition) is 2. The molecule has 0 aliphatic rings. The molecule has 19 heavy (non-hydrogen) atoms. The van der Waals surface area contributed by atoms with Crippen LogP contribution in [0, 0.1) is 0 Å². The van der Waals surface area contributed by atoms with E-state index in [1.54, 1.807) is 6.92 Å². The molecule has 0 heterocycles. The van der Waals surface area contributed by atoms with Gasteiger partial charge in [0.15, 0.2) is 0 Å². The zero-order chi connectivity index (χ0) is 15.1. The van der Waals surface area contributed by atoms with Gasteiger partial charge >= 0.3 is 118 Å². The first-order valence-corrected chi connectivity index (χ1v) is 10.8. The third kappa shape index (κ3) is 7.02. The van der Waals surface area contributed by atoms with E-state index in [-0.39, 0.29) is 13.2 Å². The zero-order valence-corrected chi connectivity index (χ0v) is 14.0. The standard InChI is InChI=1S/C7H17ClO8P2S/c1-4-6-14-17(9,13-5-2)16-18(10,19(11)12)15-7(3)8/h10,18-19H,3-6H2,1-2H3. The van der Waals surface area contributed by atoms with E-state index in [0.29, 0.717) is 6.42 Å². The van der Waals surface area contributed by atoms with Crippen LogP contribution in [0.25, 0.3) is 0 Å². The Balaban J connectivity index is 5.14. The van der Waals surface area contributed by atoms with E-state index in [1.807, 2.05) is 0 Å². The Bertz CT molecular complexity index is 419. The van der Waals surface area contributed by atoms with Crippen molar-refractivity contribution in [2.75, 3.05) is 13.2 Å². The molecule has 0 aromatic heterocycles. The molecule has 0 fully saturated rings. The SMILES string of the molecule is C=C(Cl)O[PH](O)(OP(=O)(OCC)OCCC)[SH](=O)=O. The number of thiol groups is 1. The van der Waals surface area contributed by atoms with Crippen molar-refractivity contribution in [2.24, 2.45) is 0 Å². The molecule has 0 rings (SSSR count). The summed E-state index contributed by atoms with van der Waals surface area (Å²) >= 11 is 5.26. The van der Waals surface area contributed by atoms with Gasteiger partial charge in [-0.05, 0) is 0 Å². The summed E-state index contributed by atoms with van der Waals surface area (Å²) in [4.78, 5) is 9.74. The molecular weight excluding hydrogens is 342 g/mol. The van der Waals surface area contributed by atoms with Crippen molar-refractivity contribution in [3.8, 4) is 0 Å². The molecule has 0 bridgehead atoms. The predicted octanol–water partition coefficient (Wildman–Crippen LogP) is 2.31. The normalized spacial score (nSPS) is 16.1. The van der Waals surface area contributed by atoms with Crippen molar-refractivity contribution < 1.29 is 35.8 Å². The average Bonchev–Trinajstić information content (AvgIpc) is 2.25. The predicted molar refractivity (Wildman–Crippen MR) is 73.5 cm³/mol. The van der Waals surface area contributed by atoms with Gasteiger partial charge in [0.1, 0.15) is 0 Å². The van der Waals surface area contributed by atoms with Crippen LogP contribution in [0.2, 0.25) is 0 Å². The van der Waals surface area contributed by atoms with Crippen LogP contribution in [-0.4, -0.2) is 26.5 Å². The van der Waals surface area contributed by atoms with Crippen LogP contribution >= 0.6 is 26.6 Å². The second-order valence-corrected chi connectivity index (χ2v) is 10.2. The monoisotopic (exact) mass is 358 g/mol. The first kappa shape index (κ1) is 19.3. The summed E-state index contributed by atoms with van der Waals surface area (Å²) in [6.07, 6.45) is 0.479. The van der Waals surface area contributed by atoms with E-state index in [9.17, 15) is 17.9 Å². The van der Waals surface area contributed by atoms with Crippen LogP contribution in [0.3, 0.4) is 0 Å². The van der Waals surface area contributed by atoms with Gasteiger partial charge in [0, 0.05) is 0 Å². The molecule has 1 N–H and O–H groups in total.